The quantitative estimate of drug-likeness (QED) is 0.530. The summed E-state index contributed by atoms with van der Waals surface area (Å²) < 4.78 is 33.1. The molecule has 7 heteroatoms. The third kappa shape index (κ3) is 4.46. The van der Waals surface area contributed by atoms with Gasteiger partial charge in [-0.3, -0.25) is 9.79 Å². The maximum atomic E-state index is 13.7. The average Bonchev–Trinajstić information content (AvgIpc) is 3.29. The van der Waals surface area contributed by atoms with Gasteiger partial charge in [0, 0.05) is 42.6 Å². The molecule has 1 aliphatic rings. The third-order valence-corrected chi connectivity index (χ3v) is 5.50. The summed E-state index contributed by atoms with van der Waals surface area (Å²) in [6.07, 6.45) is 1.70. The maximum Gasteiger partial charge on any atom is 0.254 e. The molecule has 0 spiro atoms. The summed E-state index contributed by atoms with van der Waals surface area (Å²) in [5.74, 6) is -1.24. The van der Waals surface area contributed by atoms with Crippen LogP contribution in [0.25, 0.3) is 11.1 Å². The van der Waals surface area contributed by atoms with Crippen LogP contribution in [0.5, 0.6) is 5.75 Å². The van der Waals surface area contributed by atoms with Crippen molar-refractivity contribution in [3.05, 3.63) is 88.0 Å². The number of benzene rings is 3. The molecule has 5 nitrogen and oxygen atoms in total. The third-order valence-electron chi connectivity index (χ3n) is 5.50. The first kappa shape index (κ1) is 22.2. The van der Waals surface area contributed by atoms with Crippen molar-refractivity contribution in [3.8, 4) is 22.9 Å². The van der Waals surface area contributed by atoms with Crippen LogP contribution in [0.1, 0.15) is 39.5 Å². The Labute approximate surface area is 190 Å². The van der Waals surface area contributed by atoms with Crippen LogP contribution in [-0.4, -0.2) is 30.7 Å². The number of ether oxygens (including phenoxy) is 1. The van der Waals surface area contributed by atoms with Crippen LogP contribution in [0.2, 0.25) is 0 Å². The van der Waals surface area contributed by atoms with Crippen LogP contribution >= 0.6 is 0 Å². The molecule has 0 fully saturated rings. The summed E-state index contributed by atoms with van der Waals surface area (Å²) in [5.41, 5.74) is 4.47. The van der Waals surface area contributed by atoms with Crippen molar-refractivity contribution in [3.63, 3.8) is 0 Å². The van der Waals surface area contributed by atoms with Gasteiger partial charge in [0.2, 0.25) is 0 Å². The number of nitrogens with zero attached hydrogens (tertiary/aromatic N) is 3. The zero-order valence-electron chi connectivity index (χ0n) is 18.2. The minimum absolute atomic E-state index is 0.232. The topological polar surface area (TPSA) is 65.7 Å². The number of nitriles is 1. The number of aliphatic imine (C=N–C) groups is 1. The van der Waals surface area contributed by atoms with Gasteiger partial charge in [-0.15, -0.1) is 0 Å². The van der Waals surface area contributed by atoms with E-state index in [1.165, 1.54) is 12.1 Å². The van der Waals surface area contributed by atoms with E-state index in [1.54, 1.807) is 49.4 Å². The average molecular weight is 445 g/mol. The van der Waals surface area contributed by atoms with Crippen molar-refractivity contribution in [1.82, 2.24) is 4.90 Å². The molecule has 33 heavy (non-hydrogen) atoms. The van der Waals surface area contributed by atoms with Gasteiger partial charge in [0.05, 0.1) is 24.8 Å². The van der Waals surface area contributed by atoms with E-state index < -0.39 is 11.6 Å². The second kappa shape index (κ2) is 9.21. The monoisotopic (exact) mass is 445 g/mol. The largest absolute Gasteiger partial charge is 0.493 e. The maximum absolute atomic E-state index is 13.7. The summed E-state index contributed by atoms with van der Waals surface area (Å²) in [6.45, 7) is 2.95. The van der Waals surface area contributed by atoms with Gasteiger partial charge >= 0.3 is 0 Å². The van der Waals surface area contributed by atoms with Crippen molar-refractivity contribution in [2.45, 2.75) is 20.0 Å². The standard InChI is InChI=1S/C26H21F2N3O2/c1-3-33-25-10-16(6-7-22(25)19-8-20(27)11-21(28)9-19)26(32)31(2)15-18-5-4-17(12-29)23-13-30-14-24(18)23/h4-11,13H,3,14-15H2,1-2H3. The minimum Gasteiger partial charge on any atom is -0.493 e. The highest BCUT2D eigenvalue weighted by molar-refractivity contribution is 5.95. The van der Waals surface area contributed by atoms with Crippen LogP contribution in [0.3, 0.4) is 0 Å². The fraction of sp³-hybridized carbons (Fsp3) is 0.192. The summed E-state index contributed by atoms with van der Waals surface area (Å²) in [7, 11) is 1.69. The molecule has 0 saturated heterocycles. The fourth-order valence-corrected chi connectivity index (χ4v) is 3.94. The molecule has 166 valence electrons. The van der Waals surface area contributed by atoms with Gasteiger partial charge in [0.25, 0.3) is 5.91 Å². The van der Waals surface area contributed by atoms with Crippen molar-refractivity contribution < 1.29 is 18.3 Å². The van der Waals surface area contributed by atoms with Crippen molar-refractivity contribution in [2.75, 3.05) is 13.7 Å². The summed E-state index contributed by atoms with van der Waals surface area (Å²) >= 11 is 0. The van der Waals surface area contributed by atoms with Gasteiger partial charge in [-0.25, -0.2) is 8.78 Å². The molecule has 0 aliphatic carbocycles. The first-order valence-electron chi connectivity index (χ1n) is 10.4. The number of amides is 1. The van der Waals surface area contributed by atoms with Gasteiger partial charge in [-0.05, 0) is 60.0 Å². The molecule has 4 rings (SSSR count). The molecule has 1 aliphatic heterocycles. The first-order valence-corrected chi connectivity index (χ1v) is 10.4. The minimum atomic E-state index is -0.689. The second-order valence-electron chi connectivity index (χ2n) is 7.71. The normalized spacial score (nSPS) is 11.7. The lowest BCUT2D eigenvalue weighted by molar-refractivity contribution is 0.0784. The Morgan fingerprint density at radius 2 is 1.91 bits per heavy atom. The summed E-state index contributed by atoms with van der Waals surface area (Å²) in [4.78, 5) is 19.0. The number of halogens is 2. The smallest absolute Gasteiger partial charge is 0.254 e. The molecule has 0 bridgehead atoms. The van der Waals surface area contributed by atoms with Crippen LogP contribution < -0.4 is 4.74 Å². The lowest BCUT2D eigenvalue weighted by Gasteiger charge is -2.20. The van der Waals surface area contributed by atoms with Gasteiger partial charge in [-0.2, -0.15) is 5.26 Å². The van der Waals surface area contributed by atoms with Gasteiger partial charge in [0.1, 0.15) is 17.4 Å². The van der Waals surface area contributed by atoms with Crippen LogP contribution in [0, 0.1) is 23.0 Å². The highest BCUT2D eigenvalue weighted by Crippen LogP contribution is 2.33. The predicted octanol–water partition coefficient (Wildman–Crippen LogP) is 5.11. The molecule has 0 aromatic heterocycles. The molecular formula is C26H21F2N3O2. The molecule has 3 aromatic carbocycles. The van der Waals surface area contributed by atoms with Crippen LogP contribution in [0.15, 0.2) is 53.5 Å². The zero-order valence-corrected chi connectivity index (χ0v) is 18.2. The van der Waals surface area contributed by atoms with Crippen molar-refractivity contribution in [2.24, 2.45) is 4.99 Å². The fourth-order valence-electron chi connectivity index (χ4n) is 3.94. The molecule has 0 N–H and O–H groups in total. The van der Waals surface area contributed by atoms with Crippen LogP contribution in [0.4, 0.5) is 8.78 Å². The van der Waals surface area contributed by atoms with E-state index >= 15 is 0 Å². The number of hydrogen-bond donors (Lipinski definition) is 0. The lowest BCUT2D eigenvalue weighted by Crippen LogP contribution is -2.27. The lowest BCUT2D eigenvalue weighted by atomic mass is 9.98. The molecule has 0 radical (unpaired) electrons. The van der Waals surface area contributed by atoms with Gasteiger partial charge < -0.3 is 9.64 Å². The van der Waals surface area contributed by atoms with E-state index in [2.05, 4.69) is 11.1 Å². The molecule has 1 heterocycles. The molecule has 1 amide bonds. The predicted molar refractivity (Wildman–Crippen MR) is 121 cm³/mol. The number of carbonyl (C=O) groups excluding carboxylic acids is 1. The Kier molecular flexibility index (Phi) is 6.18. The molecular weight excluding hydrogens is 424 g/mol. The highest BCUT2D eigenvalue weighted by atomic mass is 19.1. The Morgan fingerprint density at radius 3 is 2.61 bits per heavy atom. The zero-order chi connectivity index (χ0) is 23.5. The highest BCUT2D eigenvalue weighted by Gasteiger charge is 2.20. The second-order valence-corrected chi connectivity index (χ2v) is 7.71. The number of rotatable bonds is 6. The van der Waals surface area contributed by atoms with E-state index in [0.717, 1.165) is 22.8 Å². The number of fused-ring (bicyclic) bond motifs is 1. The van der Waals surface area contributed by atoms with E-state index in [9.17, 15) is 18.8 Å². The number of hydrogen-bond acceptors (Lipinski definition) is 4. The van der Waals surface area contributed by atoms with Gasteiger partial charge in [0.15, 0.2) is 0 Å². The van der Waals surface area contributed by atoms with Crippen molar-refractivity contribution >= 4 is 12.1 Å². The Bertz CT molecular complexity index is 1290. The molecule has 0 unspecified atom stereocenters. The van der Waals surface area contributed by atoms with Crippen LogP contribution in [-0.2, 0) is 13.1 Å². The summed E-state index contributed by atoms with van der Waals surface area (Å²) in [5, 5.41) is 9.29. The van der Waals surface area contributed by atoms with Crippen molar-refractivity contribution in [1.29, 1.82) is 5.26 Å². The van der Waals surface area contributed by atoms with Gasteiger partial charge in [-0.1, -0.05) is 6.07 Å². The Balaban J connectivity index is 1.61. The SMILES string of the molecule is CCOc1cc(C(=O)N(C)Cc2ccc(C#N)c3c2CN=C3)ccc1-c1cc(F)cc(F)c1. The van der Waals surface area contributed by atoms with E-state index in [1.807, 2.05) is 6.07 Å². The van der Waals surface area contributed by atoms with E-state index in [-0.39, 0.29) is 5.91 Å². The van der Waals surface area contributed by atoms with E-state index in [4.69, 9.17) is 4.74 Å². The Hall–Kier alpha value is -4.05. The Morgan fingerprint density at radius 1 is 1.15 bits per heavy atom. The molecule has 3 aromatic rings. The van der Waals surface area contributed by atoms with E-state index in [0.29, 0.717) is 47.7 Å². The number of carbonyl (C=O) groups is 1. The molecule has 0 atom stereocenters. The molecule has 0 saturated carbocycles. The summed E-state index contributed by atoms with van der Waals surface area (Å²) in [6, 6.07) is 13.9. The first-order chi connectivity index (χ1) is 15.9.